The molecule has 1 aromatic heterocycles. The molecule has 4 heterocycles. The summed E-state index contributed by atoms with van der Waals surface area (Å²) in [7, 11) is 0. The molecule has 0 radical (unpaired) electrons. The van der Waals surface area contributed by atoms with E-state index in [4.69, 9.17) is 0 Å². The van der Waals surface area contributed by atoms with Gasteiger partial charge in [-0.1, -0.05) is 18.2 Å². The molecule has 0 saturated carbocycles. The van der Waals surface area contributed by atoms with Gasteiger partial charge in [0.15, 0.2) is 6.23 Å². The van der Waals surface area contributed by atoms with Crippen LogP contribution in [0.5, 0.6) is 0 Å². The number of amides is 3. The van der Waals surface area contributed by atoms with Gasteiger partial charge in [0.05, 0.1) is 6.04 Å². The second kappa shape index (κ2) is 10.8. The number of aromatic nitrogens is 2. The van der Waals surface area contributed by atoms with E-state index in [-0.39, 0.29) is 30.8 Å². The summed E-state index contributed by atoms with van der Waals surface area (Å²) in [5.74, 6) is -1.81. The molecular weight excluding hydrogens is 515 g/mol. The zero-order chi connectivity index (χ0) is 27.8. The maximum atomic E-state index is 15.1. The Morgan fingerprint density at radius 1 is 1.07 bits per heavy atom. The Bertz CT molecular complexity index is 1440. The van der Waals surface area contributed by atoms with Gasteiger partial charge in [-0.15, -0.1) is 0 Å². The molecule has 40 heavy (non-hydrogen) atoms. The molecule has 6 rings (SSSR count). The third-order valence-corrected chi connectivity index (χ3v) is 8.09. The highest BCUT2D eigenvalue weighted by atomic mass is 19.1. The van der Waals surface area contributed by atoms with Crippen molar-refractivity contribution in [3.8, 4) is 0 Å². The van der Waals surface area contributed by atoms with E-state index in [1.54, 1.807) is 36.5 Å². The van der Waals surface area contributed by atoms with Crippen LogP contribution in [0.1, 0.15) is 65.0 Å². The molecule has 10 nitrogen and oxygen atoms in total. The molecule has 2 fully saturated rings. The average molecular weight is 547 g/mol. The zero-order valence-electron chi connectivity index (χ0n) is 21.9. The summed E-state index contributed by atoms with van der Waals surface area (Å²) in [5, 5.41) is 20.8. The first kappa shape index (κ1) is 26.1. The first-order valence-electron chi connectivity index (χ1n) is 13.6. The van der Waals surface area contributed by atoms with E-state index in [1.807, 2.05) is 23.0 Å². The highest BCUT2D eigenvalue weighted by molar-refractivity contribution is 6.06. The highest BCUT2D eigenvalue weighted by Gasteiger charge is 2.45. The van der Waals surface area contributed by atoms with Crippen molar-refractivity contribution in [3.05, 3.63) is 82.9 Å². The van der Waals surface area contributed by atoms with Gasteiger partial charge in [-0.2, -0.15) is 5.10 Å². The molecule has 3 aliphatic heterocycles. The Labute approximate surface area is 230 Å². The molecule has 3 N–H and O–H groups in total. The lowest BCUT2D eigenvalue weighted by Crippen LogP contribution is -2.53. The first-order chi connectivity index (χ1) is 19.4. The number of nitrogens with one attached hydrogen (secondary N) is 2. The normalized spacial score (nSPS) is 21.9. The monoisotopic (exact) mass is 546 g/mol. The molecule has 0 aliphatic carbocycles. The number of carbonyl (C=O) groups is 3. The number of piperidine rings is 2. The number of aliphatic hydroxyl groups excluding tert-OH is 1. The van der Waals surface area contributed by atoms with Crippen LogP contribution in [-0.2, 0) is 22.7 Å². The molecule has 2 aromatic carbocycles. The summed E-state index contributed by atoms with van der Waals surface area (Å²) in [6.07, 6.45) is 4.68. The fourth-order valence-electron chi connectivity index (χ4n) is 5.95. The van der Waals surface area contributed by atoms with E-state index in [2.05, 4.69) is 20.6 Å². The van der Waals surface area contributed by atoms with E-state index in [0.29, 0.717) is 29.4 Å². The lowest BCUT2D eigenvalue weighted by Gasteiger charge is -2.32. The topological polar surface area (TPSA) is 120 Å². The minimum atomic E-state index is -1.36. The number of fused-ring (bicyclic) bond motifs is 1. The number of nitrogens with zero attached hydrogens (tertiary/aromatic N) is 4. The van der Waals surface area contributed by atoms with Crippen molar-refractivity contribution in [2.24, 2.45) is 0 Å². The van der Waals surface area contributed by atoms with Crippen LogP contribution in [0.15, 0.2) is 54.9 Å². The van der Waals surface area contributed by atoms with Gasteiger partial charge < -0.3 is 10.4 Å². The summed E-state index contributed by atoms with van der Waals surface area (Å²) < 4.78 is 17.1. The smallest absolute Gasteiger partial charge is 0.257 e. The summed E-state index contributed by atoms with van der Waals surface area (Å²) in [4.78, 5) is 40.5. The van der Waals surface area contributed by atoms with Gasteiger partial charge in [0.1, 0.15) is 11.9 Å². The van der Waals surface area contributed by atoms with Crippen molar-refractivity contribution in [2.75, 3.05) is 18.4 Å². The van der Waals surface area contributed by atoms with Crippen LogP contribution in [-0.4, -0.2) is 61.5 Å². The van der Waals surface area contributed by atoms with Crippen molar-refractivity contribution in [1.82, 2.24) is 24.9 Å². The Morgan fingerprint density at radius 3 is 2.62 bits per heavy atom. The number of hydrogen-bond acceptors (Lipinski definition) is 7. The molecule has 0 spiro atoms. The quantitative estimate of drug-likeness (QED) is 0.390. The molecule has 3 aliphatic rings. The summed E-state index contributed by atoms with van der Waals surface area (Å²) in [5.41, 5.74) is 2.46. The minimum Gasteiger partial charge on any atom is -0.380 e. The van der Waals surface area contributed by atoms with E-state index in [0.717, 1.165) is 36.4 Å². The van der Waals surface area contributed by atoms with Crippen LogP contribution < -0.4 is 10.6 Å². The molecular formula is C29H31FN6O4. The average Bonchev–Trinajstić information content (AvgIpc) is 3.57. The lowest BCUT2D eigenvalue weighted by atomic mass is 10.0. The van der Waals surface area contributed by atoms with Crippen molar-refractivity contribution in [2.45, 2.75) is 57.1 Å². The van der Waals surface area contributed by atoms with Crippen LogP contribution in [0.3, 0.4) is 0 Å². The van der Waals surface area contributed by atoms with Crippen molar-refractivity contribution in [3.63, 3.8) is 0 Å². The summed E-state index contributed by atoms with van der Waals surface area (Å²) in [6.45, 7) is 2.67. The van der Waals surface area contributed by atoms with Gasteiger partial charge in [0.25, 0.3) is 5.91 Å². The van der Waals surface area contributed by atoms with E-state index in [1.165, 1.54) is 0 Å². The summed E-state index contributed by atoms with van der Waals surface area (Å²) >= 11 is 0. The number of benzene rings is 2. The first-order valence-corrected chi connectivity index (χ1v) is 13.6. The van der Waals surface area contributed by atoms with Gasteiger partial charge in [0, 0.05) is 67.4 Å². The second-order valence-electron chi connectivity index (χ2n) is 10.6. The van der Waals surface area contributed by atoms with E-state index in [9.17, 15) is 19.5 Å². The molecule has 2 saturated heterocycles. The molecule has 0 bridgehead atoms. The molecule has 3 amide bonds. The van der Waals surface area contributed by atoms with Gasteiger partial charge in [0.2, 0.25) is 11.8 Å². The number of rotatable bonds is 7. The van der Waals surface area contributed by atoms with Crippen molar-refractivity contribution >= 4 is 23.4 Å². The molecule has 3 aromatic rings. The van der Waals surface area contributed by atoms with Gasteiger partial charge >= 0.3 is 0 Å². The number of aliphatic hydroxyl groups is 1. The fourth-order valence-corrected chi connectivity index (χ4v) is 5.95. The molecule has 11 heteroatoms. The van der Waals surface area contributed by atoms with Crippen molar-refractivity contribution in [1.29, 1.82) is 0 Å². The second-order valence-corrected chi connectivity index (χ2v) is 10.6. The maximum absolute atomic E-state index is 15.1. The van der Waals surface area contributed by atoms with Gasteiger partial charge in [-0.05, 0) is 49.1 Å². The zero-order valence-corrected chi connectivity index (χ0v) is 21.9. The van der Waals surface area contributed by atoms with Gasteiger partial charge in [-0.25, -0.2) is 4.39 Å². The van der Waals surface area contributed by atoms with Crippen LogP contribution in [0.4, 0.5) is 10.1 Å². The van der Waals surface area contributed by atoms with Crippen LogP contribution in [0.2, 0.25) is 0 Å². The number of imide groups is 1. The van der Waals surface area contributed by atoms with Crippen LogP contribution in [0.25, 0.3) is 0 Å². The largest absolute Gasteiger partial charge is 0.380 e. The van der Waals surface area contributed by atoms with Crippen molar-refractivity contribution < 1.29 is 23.9 Å². The predicted octanol–water partition coefficient (Wildman–Crippen LogP) is 2.72. The SMILES string of the molecule is O=C1CCC(N2C(=O)c3cccc(NCc4ccc(CN5CCC(n6cccn6)CC5)cc4F)c3C2O)C(=O)N1. The van der Waals surface area contributed by atoms with Crippen LogP contribution in [0, 0.1) is 5.82 Å². The third kappa shape index (κ3) is 4.98. The minimum absolute atomic E-state index is 0.0905. The Hall–Kier alpha value is -4.09. The highest BCUT2D eigenvalue weighted by Crippen LogP contribution is 2.39. The van der Waals surface area contributed by atoms with E-state index >= 15 is 4.39 Å². The van der Waals surface area contributed by atoms with E-state index < -0.39 is 30.0 Å². The predicted molar refractivity (Wildman–Crippen MR) is 143 cm³/mol. The molecule has 2 atom stereocenters. The Kier molecular flexibility index (Phi) is 7.07. The Morgan fingerprint density at radius 2 is 1.90 bits per heavy atom. The number of likely N-dealkylation sites (tertiary alicyclic amines) is 1. The summed E-state index contributed by atoms with van der Waals surface area (Å²) in [6, 6.07) is 11.6. The lowest BCUT2D eigenvalue weighted by molar-refractivity contribution is -0.139. The molecule has 208 valence electrons. The molecule has 2 unspecified atom stereocenters. The maximum Gasteiger partial charge on any atom is 0.257 e. The number of carbonyl (C=O) groups excluding carboxylic acids is 3. The van der Waals surface area contributed by atoms with Crippen LogP contribution >= 0.6 is 0 Å². The number of anilines is 1. The standard InChI is InChI=1S/C29H31FN6O4/c30-22-15-18(17-34-13-9-20(10-14-34)35-12-2-11-32-35)5-6-19(22)16-31-23-4-1-3-21-26(23)29(40)36(28(21)39)24-7-8-25(37)33-27(24)38/h1-6,11-12,15,20,24,29,31,40H,7-10,13-14,16-17H2,(H,33,37,38). The third-order valence-electron chi connectivity index (χ3n) is 8.09. The fraction of sp³-hybridized carbons (Fsp3) is 0.379. The number of hydrogen-bond donors (Lipinski definition) is 3. The van der Waals surface area contributed by atoms with Gasteiger partial charge in [-0.3, -0.25) is 34.2 Å². The number of halogens is 1. The Balaban J connectivity index is 1.09.